The summed E-state index contributed by atoms with van der Waals surface area (Å²) in [6.07, 6.45) is 0.688. The van der Waals surface area contributed by atoms with Gasteiger partial charge in [-0.3, -0.25) is 10.1 Å². The SMILES string of the molecule is CN(C)C(=O)CCc1ccc(NC(=O)OC(C)(C)C)cc1. The van der Waals surface area contributed by atoms with Crippen molar-refractivity contribution in [2.24, 2.45) is 0 Å². The maximum Gasteiger partial charge on any atom is 0.412 e. The van der Waals surface area contributed by atoms with E-state index in [2.05, 4.69) is 5.32 Å². The van der Waals surface area contributed by atoms with Crippen LogP contribution in [0.25, 0.3) is 0 Å². The number of ether oxygens (including phenoxy) is 1. The van der Waals surface area contributed by atoms with E-state index >= 15 is 0 Å². The van der Waals surface area contributed by atoms with Crippen molar-refractivity contribution in [1.29, 1.82) is 0 Å². The number of amides is 2. The van der Waals surface area contributed by atoms with Crippen LogP contribution in [0.2, 0.25) is 0 Å². The smallest absolute Gasteiger partial charge is 0.412 e. The minimum Gasteiger partial charge on any atom is -0.444 e. The third-order valence-corrected chi connectivity index (χ3v) is 2.73. The van der Waals surface area contributed by atoms with E-state index in [1.807, 2.05) is 32.9 Å². The summed E-state index contributed by atoms with van der Waals surface area (Å²) in [6.45, 7) is 5.45. The first kappa shape index (κ1) is 17.0. The van der Waals surface area contributed by atoms with E-state index < -0.39 is 11.7 Å². The van der Waals surface area contributed by atoms with Crippen LogP contribution in [0.4, 0.5) is 10.5 Å². The van der Waals surface area contributed by atoms with Gasteiger partial charge in [0.25, 0.3) is 0 Å². The Balaban J connectivity index is 2.51. The largest absolute Gasteiger partial charge is 0.444 e. The third kappa shape index (κ3) is 6.79. The summed E-state index contributed by atoms with van der Waals surface area (Å²) in [5.74, 6) is 0.103. The van der Waals surface area contributed by atoms with Crippen LogP contribution in [0.15, 0.2) is 24.3 Å². The number of nitrogens with one attached hydrogen (secondary N) is 1. The lowest BCUT2D eigenvalue weighted by Gasteiger charge is -2.19. The molecule has 21 heavy (non-hydrogen) atoms. The number of aryl methyl sites for hydroxylation is 1. The highest BCUT2D eigenvalue weighted by Crippen LogP contribution is 2.14. The fourth-order valence-electron chi connectivity index (χ4n) is 1.65. The molecule has 1 aromatic carbocycles. The maximum atomic E-state index is 11.6. The van der Waals surface area contributed by atoms with Gasteiger partial charge in [0.05, 0.1) is 0 Å². The number of carbonyl (C=O) groups is 2. The molecule has 0 atom stereocenters. The standard InChI is InChI=1S/C16H24N2O3/c1-16(2,3)21-15(20)17-13-9-6-12(7-10-13)8-11-14(19)18(4)5/h6-7,9-10H,8,11H2,1-5H3,(H,17,20). The van der Waals surface area contributed by atoms with Gasteiger partial charge in [0.15, 0.2) is 0 Å². The minimum absolute atomic E-state index is 0.103. The van der Waals surface area contributed by atoms with Crippen molar-refractivity contribution in [3.63, 3.8) is 0 Å². The number of benzene rings is 1. The molecule has 0 saturated heterocycles. The topological polar surface area (TPSA) is 58.6 Å². The Hall–Kier alpha value is -2.04. The molecule has 1 rings (SSSR count). The second-order valence-electron chi connectivity index (χ2n) is 6.11. The molecule has 0 aromatic heterocycles. The number of carbonyl (C=O) groups excluding carboxylic acids is 2. The van der Waals surface area contributed by atoms with Gasteiger partial charge in [0.2, 0.25) is 5.91 Å². The molecule has 0 aliphatic carbocycles. The summed E-state index contributed by atoms with van der Waals surface area (Å²) < 4.78 is 5.18. The lowest BCUT2D eigenvalue weighted by atomic mass is 10.1. The van der Waals surface area contributed by atoms with Gasteiger partial charge in [0, 0.05) is 26.2 Å². The van der Waals surface area contributed by atoms with Gasteiger partial charge in [-0.05, 0) is 44.9 Å². The summed E-state index contributed by atoms with van der Waals surface area (Å²) in [7, 11) is 3.49. The average Bonchev–Trinajstić information content (AvgIpc) is 2.35. The monoisotopic (exact) mass is 292 g/mol. The van der Waals surface area contributed by atoms with Gasteiger partial charge >= 0.3 is 6.09 Å². The summed E-state index contributed by atoms with van der Waals surface area (Å²) in [5, 5.41) is 2.67. The quantitative estimate of drug-likeness (QED) is 0.928. The van der Waals surface area contributed by atoms with Gasteiger partial charge in [-0.15, -0.1) is 0 Å². The second-order valence-corrected chi connectivity index (χ2v) is 6.11. The molecular weight excluding hydrogens is 268 g/mol. The van der Waals surface area contributed by atoms with Crippen LogP contribution in [0.3, 0.4) is 0 Å². The fraction of sp³-hybridized carbons (Fsp3) is 0.500. The van der Waals surface area contributed by atoms with Gasteiger partial charge < -0.3 is 9.64 Å². The predicted octanol–water partition coefficient (Wildman–Crippen LogP) is 3.05. The van der Waals surface area contributed by atoms with E-state index in [-0.39, 0.29) is 5.91 Å². The lowest BCUT2D eigenvalue weighted by Crippen LogP contribution is -2.27. The van der Waals surface area contributed by atoms with E-state index in [0.717, 1.165) is 5.56 Å². The first-order valence-corrected chi connectivity index (χ1v) is 6.96. The Morgan fingerprint density at radius 1 is 1.14 bits per heavy atom. The molecule has 0 aliphatic rings. The molecule has 0 saturated carbocycles. The molecule has 2 amide bonds. The average molecular weight is 292 g/mol. The zero-order valence-corrected chi connectivity index (χ0v) is 13.4. The van der Waals surface area contributed by atoms with Crippen LogP contribution in [0.5, 0.6) is 0 Å². The summed E-state index contributed by atoms with van der Waals surface area (Å²) in [6, 6.07) is 7.41. The molecule has 0 spiro atoms. The van der Waals surface area contributed by atoms with Crippen molar-refractivity contribution in [2.75, 3.05) is 19.4 Å². The van der Waals surface area contributed by atoms with Crippen molar-refractivity contribution in [3.8, 4) is 0 Å². The summed E-state index contributed by atoms with van der Waals surface area (Å²) >= 11 is 0. The molecule has 116 valence electrons. The highest BCUT2D eigenvalue weighted by molar-refractivity contribution is 5.84. The van der Waals surface area contributed by atoms with E-state index in [4.69, 9.17) is 4.74 Å². The van der Waals surface area contributed by atoms with Crippen molar-refractivity contribution in [2.45, 2.75) is 39.2 Å². The minimum atomic E-state index is -0.517. The predicted molar refractivity (Wildman–Crippen MR) is 83.3 cm³/mol. The van der Waals surface area contributed by atoms with E-state index in [1.165, 1.54) is 0 Å². The van der Waals surface area contributed by atoms with Gasteiger partial charge in [-0.25, -0.2) is 4.79 Å². The van der Waals surface area contributed by atoms with Gasteiger partial charge in [-0.2, -0.15) is 0 Å². The van der Waals surface area contributed by atoms with Crippen LogP contribution < -0.4 is 5.32 Å². The van der Waals surface area contributed by atoms with Crippen molar-refractivity contribution in [3.05, 3.63) is 29.8 Å². The van der Waals surface area contributed by atoms with Crippen LogP contribution in [-0.2, 0) is 16.0 Å². The maximum absolute atomic E-state index is 11.6. The molecule has 1 aromatic rings. The Morgan fingerprint density at radius 3 is 2.19 bits per heavy atom. The Bertz CT molecular complexity index is 487. The fourth-order valence-corrected chi connectivity index (χ4v) is 1.65. The van der Waals surface area contributed by atoms with Crippen LogP contribution in [-0.4, -0.2) is 36.6 Å². The molecule has 0 unspecified atom stereocenters. The highest BCUT2D eigenvalue weighted by atomic mass is 16.6. The first-order chi connectivity index (χ1) is 9.67. The van der Waals surface area contributed by atoms with E-state index in [0.29, 0.717) is 18.5 Å². The molecule has 0 aliphatic heterocycles. The zero-order chi connectivity index (χ0) is 16.0. The highest BCUT2D eigenvalue weighted by Gasteiger charge is 2.16. The number of hydrogen-bond acceptors (Lipinski definition) is 3. The third-order valence-electron chi connectivity index (χ3n) is 2.73. The Morgan fingerprint density at radius 2 is 1.71 bits per heavy atom. The number of rotatable bonds is 4. The molecule has 1 N–H and O–H groups in total. The number of nitrogens with zero attached hydrogens (tertiary/aromatic N) is 1. The number of hydrogen-bond donors (Lipinski definition) is 1. The Kier molecular flexibility index (Phi) is 5.76. The van der Waals surface area contributed by atoms with Gasteiger partial charge in [-0.1, -0.05) is 12.1 Å². The second kappa shape index (κ2) is 7.11. The molecule has 0 bridgehead atoms. The molecule has 5 nitrogen and oxygen atoms in total. The van der Waals surface area contributed by atoms with Crippen molar-refractivity contribution in [1.82, 2.24) is 4.90 Å². The molecule has 0 fully saturated rings. The van der Waals surface area contributed by atoms with Crippen molar-refractivity contribution >= 4 is 17.7 Å². The van der Waals surface area contributed by atoms with Crippen LogP contribution in [0, 0.1) is 0 Å². The summed E-state index contributed by atoms with van der Waals surface area (Å²) in [4.78, 5) is 24.7. The van der Waals surface area contributed by atoms with Gasteiger partial charge in [0.1, 0.15) is 5.60 Å². The number of anilines is 1. The molecule has 5 heteroatoms. The Labute approximate surface area is 126 Å². The molecular formula is C16H24N2O3. The van der Waals surface area contributed by atoms with Crippen molar-refractivity contribution < 1.29 is 14.3 Å². The summed E-state index contributed by atoms with van der Waals surface area (Å²) in [5.41, 5.74) is 1.21. The normalized spacial score (nSPS) is 10.9. The van der Waals surface area contributed by atoms with E-state index in [9.17, 15) is 9.59 Å². The lowest BCUT2D eigenvalue weighted by molar-refractivity contribution is -0.128. The molecule has 0 radical (unpaired) electrons. The zero-order valence-electron chi connectivity index (χ0n) is 13.4. The van der Waals surface area contributed by atoms with Crippen LogP contribution >= 0.6 is 0 Å². The first-order valence-electron chi connectivity index (χ1n) is 6.96. The molecule has 0 heterocycles. The van der Waals surface area contributed by atoms with E-state index in [1.54, 1.807) is 31.1 Å². The van der Waals surface area contributed by atoms with Crippen LogP contribution in [0.1, 0.15) is 32.8 Å².